The van der Waals surface area contributed by atoms with Crippen LogP contribution in [0, 0.1) is 11.8 Å². The van der Waals surface area contributed by atoms with Crippen LogP contribution < -0.4 is 0 Å². The van der Waals surface area contributed by atoms with Gasteiger partial charge in [0.2, 0.25) is 0 Å². The lowest BCUT2D eigenvalue weighted by Crippen LogP contribution is -2.31. The third-order valence-electron chi connectivity index (χ3n) is 3.77. The van der Waals surface area contributed by atoms with Crippen LogP contribution in [0.4, 0.5) is 0 Å². The molecular formula is C19H30O5. The smallest absolute Gasteiger partial charge is 0.320 e. The molecule has 0 aliphatic heterocycles. The summed E-state index contributed by atoms with van der Waals surface area (Å²) in [5.41, 5.74) is 2.30. The zero-order valence-corrected chi connectivity index (χ0v) is 15.4. The molecule has 0 heterocycles. The third kappa shape index (κ3) is 8.11. The number of methoxy groups -OCH3 is 2. The van der Waals surface area contributed by atoms with Gasteiger partial charge < -0.3 is 14.6 Å². The monoisotopic (exact) mass is 338 g/mol. The van der Waals surface area contributed by atoms with Crippen LogP contribution in [0.5, 0.6) is 0 Å². The number of esters is 2. The van der Waals surface area contributed by atoms with Crippen LogP contribution in [0.1, 0.15) is 40.0 Å². The second-order valence-corrected chi connectivity index (χ2v) is 6.06. The summed E-state index contributed by atoms with van der Waals surface area (Å²) in [5.74, 6) is -2.88. The molecule has 0 aromatic carbocycles. The minimum atomic E-state index is -1.07. The van der Waals surface area contributed by atoms with Crippen LogP contribution >= 0.6 is 0 Å². The topological polar surface area (TPSA) is 72.8 Å². The fourth-order valence-corrected chi connectivity index (χ4v) is 2.31. The van der Waals surface area contributed by atoms with E-state index >= 15 is 0 Å². The first-order valence-corrected chi connectivity index (χ1v) is 8.03. The molecule has 0 unspecified atom stereocenters. The molecule has 0 saturated carbocycles. The van der Waals surface area contributed by atoms with Crippen molar-refractivity contribution in [3.05, 3.63) is 36.0 Å². The molecule has 0 fully saturated rings. The minimum absolute atomic E-state index is 0.0851. The third-order valence-corrected chi connectivity index (χ3v) is 3.77. The van der Waals surface area contributed by atoms with E-state index in [0.717, 1.165) is 18.4 Å². The first kappa shape index (κ1) is 22.1. The number of aliphatic hydroxyl groups is 1. The number of allylic oxidation sites excluding steroid dienone is 3. The SMILES string of the molecule is C=C[C@H](CC(C(=O)OC)C(=O)OC)[C@H](O)/C=C(\C)CCC=C(C)C. The standard InChI is InChI=1S/C19H30O5/c1-7-15(12-16(18(21)23-5)19(22)24-6)17(20)11-14(4)10-8-9-13(2)3/h7,9,11,15-17,20H,1,8,10,12H2,2-6H3/b14-11+/t15-,17-/m1/s1. The first-order chi connectivity index (χ1) is 11.3. The lowest BCUT2D eigenvalue weighted by molar-refractivity contribution is -0.159. The highest BCUT2D eigenvalue weighted by Crippen LogP contribution is 2.22. The van der Waals surface area contributed by atoms with Crippen LogP contribution in [0.25, 0.3) is 0 Å². The van der Waals surface area contributed by atoms with Crippen molar-refractivity contribution in [1.29, 1.82) is 0 Å². The number of carbonyl (C=O) groups is 2. The van der Waals surface area contributed by atoms with Gasteiger partial charge in [-0.1, -0.05) is 29.4 Å². The predicted molar refractivity (Wildman–Crippen MR) is 94.3 cm³/mol. The van der Waals surface area contributed by atoms with E-state index < -0.39 is 29.9 Å². The summed E-state index contributed by atoms with van der Waals surface area (Å²) in [4.78, 5) is 23.5. The number of aliphatic hydroxyl groups excluding tert-OH is 1. The predicted octanol–water partition coefficient (Wildman–Crippen LogP) is 3.19. The van der Waals surface area contributed by atoms with Crippen LogP contribution in [0.15, 0.2) is 36.0 Å². The lowest BCUT2D eigenvalue weighted by atomic mass is 9.89. The van der Waals surface area contributed by atoms with E-state index in [0.29, 0.717) is 0 Å². The second-order valence-electron chi connectivity index (χ2n) is 6.06. The summed E-state index contributed by atoms with van der Waals surface area (Å²) in [5, 5.41) is 10.4. The highest BCUT2D eigenvalue weighted by Gasteiger charge is 2.32. The summed E-state index contributed by atoms with van der Waals surface area (Å²) < 4.78 is 9.28. The quantitative estimate of drug-likeness (QED) is 0.376. The molecule has 0 aliphatic rings. The maximum absolute atomic E-state index is 11.8. The molecule has 5 heteroatoms. The van der Waals surface area contributed by atoms with Gasteiger partial charge in [0.15, 0.2) is 5.92 Å². The van der Waals surface area contributed by atoms with E-state index in [1.165, 1.54) is 19.8 Å². The van der Waals surface area contributed by atoms with E-state index in [2.05, 4.69) is 22.1 Å². The molecule has 0 rings (SSSR count). The van der Waals surface area contributed by atoms with E-state index in [-0.39, 0.29) is 6.42 Å². The van der Waals surface area contributed by atoms with Crippen LogP contribution in [0.2, 0.25) is 0 Å². The molecule has 0 spiro atoms. The average Bonchev–Trinajstić information content (AvgIpc) is 2.53. The van der Waals surface area contributed by atoms with Crippen LogP contribution in [-0.2, 0) is 19.1 Å². The summed E-state index contributed by atoms with van der Waals surface area (Å²) in [6.45, 7) is 9.73. The molecule has 0 aromatic heterocycles. The molecule has 0 saturated heterocycles. The summed E-state index contributed by atoms with van der Waals surface area (Å²) in [6.07, 6.45) is 6.43. The Morgan fingerprint density at radius 1 is 1.12 bits per heavy atom. The van der Waals surface area contributed by atoms with Gasteiger partial charge in [-0.25, -0.2) is 0 Å². The van der Waals surface area contributed by atoms with Gasteiger partial charge in [-0.3, -0.25) is 9.59 Å². The van der Waals surface area contributed by atoms with Gasteiger partial charge in [0.1, 0.15) is 0 Å². The Labute approximate surface area is 145 Å². The van der Waals surface area contributed by atoms with E-state index in [4.69, 9.17) is 0 Å². The summed E-state index contributed by atoms with van der Waals surface area (Å²) in [7, 11) is 2.43. The Hall–Kier alpha value is -1.88. The van der Waals surface area contributed by atoms with Crippen molar-refractivity contribution in [3.63, 3.8) is 0 Å². The number of ether oxygens (including phenoxy) is 2. The molecule has 0 radical (unpaired) electrons. The Morgan fingerprint density at radius 3 is 2.08 bits per heavy atom. The number of rotatable bonds is 10. The lowest BCUT2D eigenvalue weighted by Gasteiger charge is -2.21. The van der Waals surface area contributed by atoms with Gasteiger partial charge in [-0.05, 0) is 40.0 Å². The fourth-order valence-electron chi connectivity index (χ4n) is 2.31. The Balaban J connectivity index is 4.97. The zero-order valence-electron chi connectivity index (χ0n) is 15.4. The van der Waals surface area contributed by atoms with Crippen molar-refractivity contribution in [2.75, 3.05) is 14.2 Å². The highest BCUT2D eigenvalue weighted by molar-refractivity contribution is 5.94. The van der Waals surface area contributed by atoms with E-state index in [1.807, 2.05) is 20.8 Å². The van der Waals surface area contributed by atoms with E-state index in [9.17, 15) is 14.7 Å². The molecule has 1 N–H and O–H groups in total. The van der Waals surface area contributed by atoms with Gasteiger partial charge >= 0.3 is 11.9 Å². The number of carbonyl (C=O) groups excluding carboxylic acids is 2. The van der Waals surface area contributed by atoms with Crippen molar-refractivity contribution in [1.82, 2.24) is 0 Å². The average molecular weight is 338 g/mol. The van der Waals surface area contributed by atoms with Crippen LogP contribution in [0.3, 0.4) is 0 Å². The highest BCUT2D eigenvalue weighted by atomic mass is 16.5. The Bertz CT molecular complexity index is 470. The second kappa shape index (κ2) is 11.6. The van der Waals surface area contributed by atoms with Crippen molar-refractivity contribution < 1.29 is 24.2 Å². The van der Waals surface area contributed by atoms with Gasteiger partial charge in [-0.2, -0.15) is 0 Å². The molecule has 24 heavy (non-hydrogen) atoms. The molecule has 5 nitrogen and oxygen atoms in total. The zero-order chi connectivity index (χ0) is 18.7. The van der Waals surface area contributed by atoms with Gasteiger partial charge in [0.25, 0.3) is 0 Å². The molecule has 0 amide bonds. The van der Waals surface area contributed by atoms with Crippen molar-refractivity contribution in [3.8, 4) is 0 Å². The molecule has 0 aliphatic carbocycles. The van der Waals surface area contributed by atoms with Crippen LogP contribution in [-0.4, -0.2) is 37.4 Å². The maximum Gasteiger partial charge on any atom is 0.320 e. The molecular weight excluding hydrogens is 308 g/mol. The van der Waals surface area contributed by atoms with Crippen molar-refractivity contribution in [2.45, 2.75) is 46.1 Å². The maximum atomic E-state index is 11.8. The summed E-state index contributed by atoms with van der Waals surface area (Å²) in [6, 6.07) is 0. The molecule has 0 bridgehead atoms. The van der Waals surface area contributed by atoms with Gasteiger partial charge in [-0.15, -0.1) is 6.58 Å². The number of hydrogen-bond acceptors (Lipinski definition) is 5. The summed E-state index contributed by atoms with van der Waals surface area (Å²) >= 11 is 0. The van der Waals surface area contributed by atoms with E-state index in [1.54, 1.807) is 12.2 Å². The van der Waals surface area contributed by atoms with Crippen molar-refractivity contribution in [2.24, 2.45) is 11.8 Å². The fraction of sp³-hybridized carbons (Fsp3) is 0.579. The minimum Gasteiger partial charge on any atom is -0.468 e. The largest absolute Gasteiger partial charge is 0.468 e. The molecule has 2 atom stereocenters. The number of hydrogen-bond donors (Lipinski definition) is 1. The Kier molecular flexibility index (Phi) is 10.7. The molecule has 136 valence electrons. The first-order valence-electron chi connectivity index (χ1n) is 8.03. The normalized spacial score (nSPS) is 13.9. The van der Waals surface area contributed by atoms with Gasteiger partial charge in [0.05, 0.1) is 20.3 Å². The Morgan fingerprint density at radius 2 is 1.67 bits per heavy atom. The van der Waals surface area contributed by atoms with Crippen molar-refractivity contribution >= 4 is 11.9 Å². The van der Waals surface area contributed by atoms with Gasteiger partial charge in [0, 0.05) is 5.92 Å². The molecule has 0 aromatic rings.